The van der Waals surface area contributed by atoms with Gasteiger partial charge in [-0.1, -0.05) is 31.5 Å². The first kappa shape index (κ1) is 15.3. The highest BCUT2D eigenvalue weighted by Crippen LogP contribution is 2.20. The van der Waals surface area contributed by atoms with Gasteiger partial charge in [-0.2, -0.15) is 0 Å². The van der Waals surface area contributed by atoms with Gasteiger partial charge in [0.05, 0.1) is 0 Å². The Morgan fingerprint density at radius 2 is 1.94 bits per heavy atom. The molecule has 0 aromatic heterocycles. The zero-order chi connectivity index (χ0) is 13.5. The summed E-state index contributed by atoms with van der Waals surface area (Å²) >= 11 is 5.95. The van der Waals surface area contributed by atoms with Crippen LogP contribution in [0.2, 0.25) is 5.02 Å². The van der Waals surface area contributed by atoms with Crippen LogP contribution in [0.4, 0.5) is 0 Å². The summed E-state index contributed by atoms with van der Waals surface area (Å²) in [6.45, 7) is 6.59. The van der Waals surface area contributed by atoms with Crippen molar-refractivity contribution in [2.24, 2.45) is 5.92 Å². The van der Waals surface area contributed by atoms with Gasteiger partial charge in [-0.05, 0) is 50.9 Å². The van der Waals surface area contributed by atoms with Gasteiger partial charge in [-0.25, -0.2) is 0 Å². The van der Waals surface area contributed by atoms with E-state index in [0.717, 1.165) is 18.1 Å². The molecular formula is C15H24ClNO. The van der Waals surface area contributed by atoms with Crippen LogP contribution in [0.15, 0.2) is 24.3 Å². The predicted octanol–water partition coefficient (Wildman–Crippen LogP) is 4.13. The normalized spacial score (nSPS) is 14.6. The number of likely N-dealkylation sites (N-methyl/N-ethyl adjacent to an activating group) is 1. The number of hydrogen-bond donors (Lipinski definition) is 1. The van der Waals surface area contributed by atoms with Crippen LogP contribution in [0.1, 0.15) is 33.6 Å². The molecule has 1 aromatic rings. The number of hydrogen-bond acceptors (Lipinski definition) is 2. The maximum absolute atomic E-state index is 5.95. The molecule has 18 heavy (non-hydrogen) atoms. The first-order valence-corrected chi connectivity index (χ1v) is 7.00. The standard InChI is InChI=1S/C15H24ClNO/c1-11(2)8-9-15(17-4)12(3)18-14-7-5-6-13(16)10-14/h5-7,10-12,15,17H,8-9H2,1-4H3. The fourth-order valence-corrected chi connectivity index (χ4v) is 2.14. The monoisotopic (exact) mass is 269 g/mol. The Balaban J connectivity index is 2.53. The Labute approximate surface area is 116 Å². The minimum atomic E-state index is 0.132. The maximum atomic E-state index is 5.95. The second kappa shape index (κ2) is 7.65. The molecule has 0 radical (unpaired) electrons. The van der Waals surface area contributed by atoms with Crippen molar-refractivity contribution in [2.45, 2.75) is 45.8 Å². The van der Waals surface area contributed by atoms with Gasteiger partial charge in [0.15, 0.2) is 0 Å². The summed E-state index contributed by atoms with van der Waals surface area (Å²) in [6, 6.07) is 7.93. The third-order valence-corrected chi connectivity index (χ3v) is 3.35. The number of rotatable bonds is 7. The van der Waals surface area contributed by atoms with Crippen LogP contribution >= 0.6 is 11.6 Å². The molecule has 0 fully saturated rings. The van der Waals surface area contributed by atoms with Crippen molar-refractivity contribution in [3.05, 3.63) is 29.3 Å². The SMILES string of the molecule is CNC(CCC(C)C)C(C)Oc1cccc(Cl)c1. The van der Waals surface area contributed by atoms with Crippen molar-refractivity contribution in [2.75, 3.05) is 7.05 Å². The molecule has 2 unspecified atom stereocenters. The molecule has 3 heteroatoms. The van der Waals surface area contributed by atoms with Gasteiger partial charge in [-0.3, -0.25) is 0 Å². The highest BCUT2D eigenvalue weighted by atomic mass is 35.5. The van der Waals surface area contributed by atoms with E-state index < -0.39 is 0 Å². The molecule has 2 nitrogen and oxygen atoms in total. The Morgan fingerprint density at radius 3 is 2.50 bits per heavy atom. The first-order chi connectivity index (χ1) is 8.52. The fourth-order valence-electron chi connectivity index (χ4n) is 1.96. The molecule has 102 valence electrons. The van der Waals surface area contributed by atoms with Crippen molar-refractivity contribution < 1.29 is 4.74 Å². The van der Waals surface area contributed by atoms with Gasteiger partial charge in [0.25, 0.3) is 0 Å². The molecule has 0 saturated heterocycles. The molecule has 2 atom stereocenters. The lowest BCUT2D eigenvalue weighted by atomic mass is 10.0. The third kappa shape index (κ3) is 5.28. The Morgan fingerprint density at radius 1 is 1.22 bits per heavy atom. The Kier molecular flexibility index (Phi) is 6.51. The minimum absolute atomic E-state index is 0.132. The topological polar surface area (TPSA) is 21.3 Å². The van der Waals surface area contributed by atoms with E-state index in [0.29, 0.717) is 11.1 Å². The van der Waals surface area contributed by atoms with E-state index >= 15 is 0 Å². The van der Waals surface area contributed by atoms with Crippen LogP contribution in [0.25, 0.3) is 0 Å². The summed E-state index contributed by atoms with van der Waals surface area (Å²) in [4.78, 5) is 0. The van der Waals surface area contributed by atoms with E-state index in [4.69, 9.17) is 16.3 Å². The average molecular weight is 270 g/mol. The molecule has 0 bridgehead atoms. The molecule has 0 aliphatic carbocycles. The largest absolute Gasteiger partial charge is 0.489 e. The van der Waals surface area contributed by atoms with Crippen molar-refractivity contribution >= 4 is 11.6 Å². The summed E-state index contributed by atoms with van der Waals surface area (Å²) in [7, 11) is 1.99. The summed E-state index contributed by atoms with van der Waals surface area (Å²) in [6.07, 6.45) is 2.46. The van der Waals surface area contributed by atoms with Crippen LogP contribution in [-0.4, -0.2) is 19.2 Å². The molecule has 0 aliphatic heterocycles. The second-order valence-corrected chi connectivity index (χ2v) is 5.58. The number of halogens is 1. The van der Waals surface area contributed by atoms with E-state index in [1.165, 1.54) is 6.42 Å². The first-order valence-electron chi connectivity index (χ1n) is 6.62. The zero-order valence-corrected chi connectivity index (χ0v) is 12.5. The van der Waals surface area contributed by atoms with Crippen LogP contribution in [0.5, 0.6) is 5.75 Å². The van der Waals surface area contributed by atoms with Crippen molar-refractivity contribution in [1.82, 2.24) is 5.32 Å². The van der Waals surface area contributed by atoms with Crippen LogP contribution in [0.3, 0.4) is 0 Å². The van der Waals surface area contributed by atoms with Crippen LogP contribution < -0.4 is 10.1 Å². The van der Waals surface area contributed by atoms with E-state index in [-0.39, 0.29) is 6.10 Å². The number of benzene rings is 1. The predicted molar refractivity (Wildman–Crippen MR) is 78.5 cm³/mol. The fraction of sp³-hybridized carbons (Fsp3) is 0.600. The van der Waals surface area contributed by atoms with Crippen LogP contribution in [0, 0.1) is 5.92 Å². The van der Waals surface area contributed by atoms with Gasteiger partial charge >= 0.3 is 0 Å². The molecule has 1 rings (SSSR count). The van der Waals surface area contributed by atoms with Gasteiger partial charge in [-0.15, -0.1) is 0 Å². The summed E-state index contributed by atoms with van der Waals surface area (Å²) in [5.41, 5.74) is 0. The van der Waals surface area contributed by atoms with Gasteiger partial charge < -0.3 is 10.1 Å². The lowest BCUT2D eigenvalue weighted by Crippen LogP contribution is -2.39. The lowest BCUT2D eigenvalue weighted by molar-refractivity contribution is 0.165. The third-order valence-electron chi connectivity index (χ3n) is 3.11. The van der Waals surface area contributed by atoms with Crippen molar-refractivity contribution in [1.29, 1.82) is 0 Å². The molecule has 0 amide bonds. The quantitative estimate of drug-likeness (QED) is 0.804. The highest BCUT2D eigenvalue weighted by molar-refractivity contribution is 6.30. The molecule has 0 spiro atoms. The number of nitrogens with one attached hydrogen (secondary N) is 1. The zero-order valence-electron chi connectivity index (χ0n) is 11.7. The van der Waals surface area contributed by atoms with Gasteiger partial charge in [0, 0.05) is 11.1 Å². The van der Waals surface area contributed by atoms with E-state index in [9.17, 15) is 0 Å². The highest BCUT2D eigenvalue weighted by Gasteiger charge is 2.17. The molecule has 0 aliphatic rings. The average Bonchev–Trinajstić information content (AvgIpc) is 2.29. The van der Waals surface area contributed by atoms with Gasteiger partial charge in [0.1, 0.15) is 11.9 Å². The van der Waals surface area contributed by atoms with Crippen LogP contribution in [-0.2, 0) is 0 Å². The molecule has 1 N–H and O–H groups in total. The summed E-state index contributed by atoms with van der Waals surface area (Å²) in [5, 5.41) is 4.05. The summed E-state index contributed by atoms with van der Waals surface area (Å²) < 4.78 is 5.93. The van der Waals surface area contributed by atoms with E-state index in [1.807, 2.05) is 31.3 Å². The van der Waals surface area contributed by atoms with Crippen molar-refractivity contribution in [3.8, 4) is 5.75 Å². The summed E-state index contributed by atoms with van der Waals surface area (Å²) in [5.74, 6) is 1.55. The minimum Gasteiger partial charge on any atom is -0.489 e. The molecule has 0 saturated carbocycles. The Bertz CT molecular complexity index is 354. The Hall–Kier alpha value is -0.730. The molecular weight excluding hydrogens is 246 g/mol. The van der Waals surface area contributed by atoms with E-state index in [2.05, 4.69) is 26.1 Å². The maximum Gasteiger partial charge on any atom is 0.121 e. The van der Waals surface area contributed by atoms with Gasteiger partial charge in [0.2, 0.25) is 0 Å². The van der Waals surface area contributed by atoms with Crippen molar-refractivity contribution in [3.63, 3.8) is 0 Å². The van der Waals surface area contributed by atoms with E-state index in [1.54, 1.807) is 0 Å². The second-order valence-electron chi connectivity index (χ2n) is 5.15. The lowest BCUT2D eigenvalue weighted by Gasteiger charge is -2.25. The smallest absolute Gasteiger partial charge is 0.121 e. The molecule has 1 aromatic carbocycles. The number of ether oxygens (including phenoxy) is 1. The molecule has 0 heterocycles.